The average Bonchev–Trinajstić information content (AvgIpc) is 3.18. The third-order valence-corrected chi connectivity index (χ3v) is 8.54. The third kappa shape index (κ3) is 3.65. The van der Waals surface area contributed by atoms with Gasteiger partial charge < -0.3 is 5.32 Å². The minimum atomic E-state index is -0.270. The molecule has 5 nitrogen and oxygen atoms in total. The van der Waals surface area contributed by atoms with Gasteiger partial charge >= 0.3 is 0 Å². The van der Waals surface area contributed by atoms with Crippen LogP contribution in [0.5, 0.6) is 0 Å². The predicted molar refractivity (Wildman–Crippen MR) is 125 cm³/mol. The maximum atomic E-state index is 13.8. The van der Waals surface area contributed by atoms with Crippen molar-refractivity contribution in [2.24, 2.45) is 17.3 Å². The Morgan fingerprint density at radius 1 is 1.16 bits per heavy atom. The highest BCUT2D eigenvalue weighted by Gasteiger charge is 2.61. The highest BCUT2D eigenvalue weighted by molar-refractivity contribution is 9.10. The summed E-state index contributed by atoms with van der Waals surface area (Å²) >= 11 is 3.41. The molecular weight excluding hydrogens is 452 g/mol. The molecule has 0 saturated heterocycles. The van der Waals surface area contributed by atoms with Gasteiger partial charge in [0, 0.05) is 0 Å². The summed E-state index contributed by atoms with van der Waals surface area (Å²) in [5, 5.41) is 8.10. The number of amides is 1. The molecule has 0 spiro atoms. The number of benzene rings is 1. The summed E-state index contributed by atoms with van der Waals surface area (Å²) in [5.74, 6) is 1.99. The maximum Gasteiger partial charge on any atom is 0.226 e. The molecule has 6 heteroatoms. The molecule has 1 aromatic carbocycles. The second-order valence-electron chi connectivity index (χ2n) is 10.7. The second-order valence-corrected chi connectivity index (χ2v) is 11.4. The number of rotatable bonds is 6. The molecule has 0 aliphatic heterocycles. The number of nitrogens with one attached hydrogen (secondary N) is 1. The van der Waals surface area contributed by atoms with Gasteiger partial charge in [-0.3, -0.25) is 4.79 Å². The molecule has 4 aliphatic rings. The van der Waals surface area contributed by atoms with E-state index < -0.39 is 0 Å². The fraction of sp³-hybridized carbons (Fsp3) is 0.640. The van der Waals surface area contributed by atoms with Crippen molar-refractivity contribution in [2.45, 2.75) is 83.2 Å². The van der Waals surface area contributed by atoms with Crippen molar-refractivity contribution in [3.05, 3.63) is 46.5 Å². The van der Waals surface area contributed by atoms with E-state index in [2.05, 4.69) is 81.0 Å². The van der Waals surface area contributed by atoms with Crippen LogP contribution < -0.4 is 5.32 Å². The van der Waals surface area contributed by atoms with Gasteiger partial charge in [-0.05, 0) is 89.8 Å². The SMILES string of the molecule is CC[C@@H](NC(=O)C12C[C@@H]3C[C@@H](C1)CC(n1cnc(Br)n1)(C3)C2)c1ccc(C(C)C)cc1. The molecule has 0 radical (unpaired) electrons. The quantitative estimate of drug-likeness (QED) is 0.569. The number of hydrogen-bond acceptors (Lipinski definition) is 3. The molecule has 4 saturated carbocycles. The van der Waals surface area contributed by atoms with E-state index in [1.165, 1.54) is 17.5 Å². The molecule has 0 unspecified atom stereocenters. The number of hydrogen-bond donors (Lipinski definition) is 1. The zero-order chi connectivity index (χ0) is 21.8. The standard InChI is InChI=1S/C25H33BrN4O/c1-4-21(20-7-5-19(6-8-20)16(2)3)28-22(31)24-10-17-9-18(11-24)13-25(12-17,14-24)30-15-27-23(26)29-30/h5-8,15-18,21H,4,9-14H2,1-3H3,(H,28,31)/t17-,18-,21+,24?,25?/m0/s1. The largest absolute Gasteiger partial charge is 0.349 e. The Balaban J connectivity index is 1.39. The molecule has 1 aromatic heterocycles. The minimum absolute atomic E-state index is 0.0545. The molecule has 1 amide bonds. The Bertz CT molecular complexity index is 952. The lowest BCUT2D eigenvalue weighted by molar-refractivity contribution is -0.156. The summed E-state index contributed by atoms with van der Waals surface area (Å²) in [4.78, 5) is 18.2. The number of carbonyl (C=O) groups excluding carboxylic acids is 1. The molecule has 6 rings (SSSR count). The van der Waals surface area contributed by atoms with Gasteiger partial charge in [0.1, 0.15) is 6.33 Å². The molecule has 4 aliphatic carbocycles. The van der Waals surface area contributed by atoms with E-state index in [0.29, 0.717) is 22.5 Å². The van der Waals surface area contributed by atoms with Gasteiger partial charge in [0.2, 0.25) is 10.6 Å². The monoisotopic (exact) mass is 484 g/mol. The first-order valence-electron chi connectivity index (χ1n) is 11.8. The van der Waals surface area contributed by atoms with Crippen molar-refractivity contribution in [3.8, 4) is 0 Å². The number of nitrogens with zero attached hydrogens (tertiary/aromatic N) is 3. The fourth-order valence-corrected chi connectivity index (χ4v) is 7.33. The lowest BCUT2D eigenvalue weighted by Crippen LogP contribution is -2.61. The molecular formula is C25H33BrN4O. The summed E-state index contributed by atoms with van der Waals surface area (Å²) in [6, 6.07) is 8.86. The molecule has 4 fully saturated rings. The van der Waals surface area contributed by atoms with Crippen LogP contribution in [0.25, 0.3) is 0 Å². The van der Waals surface area contributed by atoms with Gasteiger partial charge in [-0.15, -0.1) is 5.10 Å². The number of halogens is 1. The maximum absolute atomic E-state index is 13.8. The predicted octanol–water partition coefficient (Wildman–Crippen LogP) is 5.73. The van der Waals surface area contributed by atoms with E-state index in [-0.39, 0.29) is 22.9 Å². The van der Waals surface area contributed by atoms with Gasteiger partial charge in [-0.1, -0.05) is 45.0 Å². The fourth-order valence-electron chi connectivity index (χ4n) is 7.06. The van der Waals surface area contributed by atoms with Crippen LogP contribution in [0, 0.1) is 17.3 Å². The minimum Gasteiger partial charge on any atom is -0.349 e. The zero-order valence-electron chi connectivity index (χ0n) is 18.8. The van der Waals surface area contributed by atoms with Crippen LogP contribution in [0.3, 0.4) is 0 Å². The molecule has 166 valence electrons. The van der Waals surface area contributed by atoms with Gasteiger partial charge in [0.25, 0.3) is 0 Å². The Labute approximate surface area is 193 Å². The van der Waals surface area contributed by atoms with Crippen LogP contribution in [-0.2, 0) is 10.3 Å². The molecule has 1 heterocycles. The van der Waals surface area contributed by atoms with Crippen molar-refractivity contribution < 1.29 is 4.79 Å². The van der Waals surface area contributed by atoms with Crippen LogP contribution in [-0.4, -0.2) is 20.7 Å². The average molecular weight is 485 g/mol. The first kappa shape index (κ1) is 21.2. The highest BCUT2D eigenvalue weighted by atomic mass is 79.9. The van der Waals surface area contributed by atoms with Crippen LogP contribution in [0.2, 0.25) is 0 Å². The molecule has 3 atom stereocenters. The van der Waals surface area contributed by atoms with E-state index in [9.17, 15) is 4.79 Å². The van der Waals surface area contributed by atoms with Crippen molar-refractivity contribution >= 4 is 21.8 Å². The Kier molecular flexibility index (Phi) is 5.27. The second kappa shape index (κ2) is 7.72. The third-order valence-electron chi connectivity index (χ3n) is 8.18. The van der Waals surface area contributed by atoms with Crippen molar-refractivity contribution in [2.75, 3.05) is 0 Å². The molecule has 1 N–H and O–H groups in total. The van der Waals surface area contributed by atoms with Gasteiger partial charge in [0.15, 0.2) is 0 Å². The molecule has 31 heavy (non-hydrogen) atoms. The van der Waals surface area contributed by atoms with E-state index in [0.717, 1.165) is 38.5 Å². The van der Waals surface area contributed by atoms with E-state index in [1.54, 1.807) is 0 Å². The lowest BCUT2D eigenvalue weighted by atomic mass is 9.46. The zero-order valence-corrected chi connectivity index (χ0v) is 20.4. The summed E-state index contributed by atoms with van der Waals surface area (Å²) in [6.45, 7) is 6.59. The first-order valence-corrected chi connectivity index (χ1v) is 12.6. The number of carbonyl (C=O) groups is 1. The van der Waals surface area contributed by atoms with Crippen LogP contribution in [0.1, 0.15) is 88.8 Å². The molecule has 4 bridgehead atoms. The van der Waals surface area contributed by atoms with Crippen molar-refractivity contribution in [1.82, 2.24) is 20.1 Å². The van der Waals surface area contributed by atoms with Crippen molar-refractivity contribution in [1.29, 1.82) is 0 Å². The first-order chi connectivity index (χ1) is 14.8. The Morgan fingerprint density at radius 3 is 2.35 bits per heavy atom. The van der Waals surface area contributed by atoms with Gasteiger partial charge in [-0.25, -0.2) is 9.67 Å². The Morgan fingerprint density at radius 2 is 1.81 bits per heavy atom. The highest BCUT2D eigenvalue weighted by Crippen LogP contribution is 2.64. The van der Waals surface area contributed by atoms with Crippen LogP contribution >= 0.6 is 15.9 Å². The van der Waals surface area contributed by atoms with Gasteiger partial charge in [0.05, 0.1) is 17.0 Å². The lowest BCUT2D eigenvalue weighted by Gasteiger charge is -2.61. The van der Waals surface area contributed by atoms with Crippen LogP contribution in [0.15, 0.2) is 35.3 Å². The van der Waals surface area contributed by atoms with E-state index in [4.69, 9.17) is 0 Å². The van der Waals surface area contributed by atoms with Crippen LogP contribution in [0.4, 0.5) is 0 Å². The summed E-state index contributed by atoms with van der Waals surface area (Å²) < 4.78 is 2.70. The topological polar surface area (TPSA) is 59.8 Å². The van der Waals surface area contributed by atoms with E-state index in [1.807, 2.05) is 6.33 Å². The van der Waals surface area contributed by atoms with Crippen molar-refractivity contribution in [3.63, 3.8) is 0 Å². The smallest absolute Gasteiger partial charge is 0.226 e. The summed E-state index contributed by atoms with van der Waals surface area (Å²) in [6.07, 6.45) is 9.21. The van der Waals surface area contributed by atoms with Gasteiger partial charge in [-0.2, -0.15) is 0 Å². The van der Waals surface area contributed by atoms with E-state index >= 15 is 0 Å². The molecule has 2 aromatic rings. The Hall–Kier alpha value is -1.69. The normalized spacial score (nSPS) is 32.4. The summed E-state index contributed by atoms with van der Waals surface area (Å²) in [5.41, 5.74) is 2.22. The number of aromatic nitrogens is 3. The summed E-state index contributed by atoms with van der Waals surface area (Å²) in [7, 11) is 0.